The number of tetrazole rings is 1. The lowest BCUT2D eigenvalue weighted by Gasteiger charge is -2.34. The van der Waals surface area contributed by atoms with Crippen LogP contribution in [0.3, 0.4) is 0 Å². The first-order chi connectivity index (χ1) is 9.19. The number of hydrogen-bond donors (Lipinski definition) is 1. The predicted molar refractivity (Wildman–Crippen MR) is 74.4 cm³/mol. The molecule has 0 unspecified atom stereocenters. The number of hydrogen-bond acceptors (Lipinski definition) is 5. The summed E-state index contributed by atoms with van der Waals surface area (Å²) in [6.07, 6.45) is 2.19. The van der Waals surface area contributed by atoms with E-state index < -0.39 is 0 Å². The minimum Gasteiger partial charge on any atom is -0.399 e. The molecule has 6 nitrogen and oxygen atoms in total. The molecule has 1 heterocycles. The number of halogens is 1. The molecule has 0 saturated heterocycles. The van der Waals surface area contributed by atoms with E-state index in [2.05, 4.69) is 31.5 Å². The SMILES string of the molecule is COC1CC(n2nnnc2-c2cc(N)ccc2Br)C1. The zero-order valence-corrected chi connectivity index (χ0v) is 12.0. The van der Waals surface area contributed by atoms with E-state index in [0.29, 0.717) is 17.8 Å². The van der Waals surface area contributed by atoms with Crippen LogP contribution < -0.4 is 5.73 Å². The van der Waals surface area contributed by atoms with Crippen LogP contribution in [0.2, 0.25) is 0 Å². The second-order valence-electron chi connectivity index (χ2n) is 4.67. The number of nitrogens with two attached hydrogens (primary N) is 1. The topological polar surface area (TPSA) is 78.8 Å². The van der Waals surface area contributed by atoms with Crippen molar-refractivity contribution in [2.24, 2.45) is 0 Å². The van der Waals surface area contributed by atoms with Crippen LogP contribution in [0.1, 0.15) is 18.9 Å². The zero-order chi connectivity index (χ0) is 13.4. The molecule has 0 radical (unpaired) electrons. The Morgan fingerprint density at radius 1 is 1.42 bits per heavy atom. The quantitative estimate of drug-likeness (QED) is 0.874. The summed E-state index contributed by atoms with van der Waals surface area (Å²) in [6.45, 7) is 0. The Balaban J connectivity index is 1.94. The third kappa shape index (κ3) is 2.23. The Bertz CT molecular complexity index is 594. The van der Waals surface area contributed by atoms with Crippen molar-refractivity contribution in [1.29, 1.82) is 0 Å². The van der Waals surface area contributed by atoms with Crippen LogP contribution in [0.25, 0.3) is 11.4 Å². The second kappa shape index (κ2) is 4.90. The predicted octanol–water partition coefficient (Wildman–Crippen LogP) is 2.03. The highest BCUT2D eigenvalue weighted by Gasteiger charge is 2.33. The average Bonchev–Trinajstić information content (AvgIpc) is 2.80. The molecule has 0 bridgehead atoms. The highest BCUT2D eigenvalue weighted by atomic mass is 79.9. The van der Waals surface area contributed by atoms with Crippen LogP contribution in [0.5, 0.6) is 0 Å². The number of aromatic nitrogens is 4. The minimum atomic E-state index is 0.295. The Morgan fingerprint density at radius 2 is 2.21 bits per heavy atom. The molecule has 2 aromatic rings. The Morgan fingerprint density at radius 3 is 2.95 bits per heavy atom. The molecule has 0 spiro atoms. The van der Waals surface area contributed by atoms with Crippen LogP contribution in [0.4, 0.5) is 5.69 Å². The first kappa shape index (κ1) is 12.6. The molecule has 1 aromatic carbocycles. The van der Waals surface area contributed by atoms with Crippen LogP contribution >= 0.6 is 15.9 Å². The van der Waals surface area contributed by atoms with Crippen LogP contribution in [-0.2, 0) is 4.74 Å². The van der Waals surface area contributed by atoms with Crippen LogP contribution in [0, 0.1) is 0 Å². The number of benzene rings is 1. The normalized spacial score (nSPS) is 22.2. The molecule has 0 aliphatic heterocycles. The van der Waals surface area contributed by atoms with E-state index in [1.807, 2.05) is 22.9 Å². The van der Waals surface area contributed by atoms with Gasteiger partial charge in [0.25, 0.3) is 0 Å². The lowest BCUT2D eigenvalue weighted by Crippen LogP contribution is -2.33. The van der Waals surface area contributed by atoms with Crippen molar-refractivity contribution < 1.29 is 4.74 Å². The molecule has 100 valence electrons. The van der Waals surface area contributed by atoms with E-state index in [1.165, 1.54) is 0 Å². The second-order valence-corrected chi connectivity index (χ2v) is 5.52. The maximum Gasteiger partial charge on any atom is 0.183 e. The zero-order valence-electron chi connectivity index (χ0n) is 10.5. The van der Waals surface area contributed by atoms with Crippen molar-refractivity contribution in [2.75, 3.05) is 12.8 Å². The van der Waals surface area contributed by atoms with Gasteiger partial charge >= 0.3 is 0 Å². The summed E-state index contributed by atoms with van der Waals surface area (Å²) in [5.41, 5.74) is 7.43. The Hall–Kier alpha value is -1.47. The van der Waals surface area contributed by atoms with Gasteiger partial charge in [0.2, 0.25) is 0 Å². The summed E-state index contributed by atoms with van der Waals surface area (Å²) in [5, 5.41) is 12.0. The number of anilines is 1. The van der Waals surface area contributed by atoms with Crippen LogP contribution in [0.15, 0.2) is 22.7 Å². The van der Waals surface area contributed by atoms with Gasteiger partial charge in [-0.25, -0.2) is 4.68 Å². The molecule has 1 aliphatic carbocycles. The lowest BCUT2D eigenvalue weighted by molar-refractivity contribution is 0.00248. The van der Waals surface area contributed by atoms with Gasteiger partial charge < -0.3 is 10.5 Å². The molecule has 19 heavy (non-hydrogen) atoms. The van der Waals surface area contributed by atoms with Crippen molar-refractivity contribution in [1.82, 2.24) is 20.2 Å². The van der Waals surface area contributed by atoms with Gasteiger partial charge in [-0.3, -0.25) is 0 Å². The summed E-state index contributed by atoms with van der Waals surface area (Å²) in [4.78, 5) is 0. The van der Waals surface area contributed by atoms with E-state index in [9.17, 15) is 0 Å². The van der Waals surface area contributed by atoms with E-state index in [-0.39, 0.29) is 0 Å². The van der Waals surface area contributed by atoms with E-state index in [0.717, 1.165) is 28.7 Å². The summed E-state index contributed by atoms with van der Waals surface area (Å²) < 4.78 is 8.08. The molecule has 1 aromatic heterocycles. The highest BCUT2D eigenvalue weighted by molar-refractivity contribution is 9.10. The Labute approximate surface area is 119 Å². The Kier molecular flexibility index (Phi) is 3.24. The number of nitrogens with zero attached hydrogens (tertiary/aromatic N) is 4. The molecule has 1 aliphatic rings. The van der Waals surface area contributed by atoms with Crippen molar-refractivity contribution in [3.05, 3.63) is 22.7 Å². The maximum atomic E-state index is 5.83. The smallest absolute Gasteiger partial charge is 0.183 e. The van der Waals surface area contributed by atoms with Gasteiger partial charge in [0.15, 0.2) is 5.82 Å². The monoisotopic (exact) mass is 323 g/mol. The van der Waals surface area contributed by atoms with Gasteiger partial charge in [0.1, 0.15) is 0 Å². The molecule has 7 heteroatoms. The van der Waals surface area contributed by atoms with Gasteiger partial charge in [0.05, 0.1) is 12.1 Å². The number of rotatable bonds is 3. The number of ether oxygens (including phenoxy) is 1. The first-order valence-electron chi connectivity index (χ1n) is 6.05. The third-order valence-electron chi connectivity index (χ3n) is 3.47. The van der Waals surface area contributed by atoms with Crippen molar-refractivity contribution in [2.45, 2.75) is 25.0 Å². The third-order valence-corrected chi connectivity index (χ3v) is 4.16. The van der Waals surface area contributed by atoms with Gasteiger partial charge in [-0.15, -0.1) is 5.10 Å². The number of methoxy groups -OCH3 is 1. The number of nitrogen functional groups attached to an aromatic ring is 1. The van der Waals surface area contributed by atoms with Gasteiger partial charge in [-0.1, -0.05) is 15.9 Å². The maximum absolute atomic E-state index is 5.83. The molecule has 1 fully saturated rings. The first-order valence-corrected chi connectivity index (χ1v) is 6.84. The fraction of sp³-hybridized carbons (Fsp3) is 0.417. The van der Waals surface area contributed by atoms with Gasteiger partial charge in [-0.2, -0.15) is 0 Å². The highest BCUT2D eigenvalue weighted by Crippen LogP contribution is 2.37. The summed E-state index contributed by atoms with van der Waals surface area (Å²) in [7, 11) is 1.73. The van der Waals surface area contributed by atoms with E-state index in [4.69, 9.17) is 10.5 Å². The largest absolute Gasteiger partial charge is 0.399 e. The van der Waals surface area contributed by atoms with E-state index in [1.54, 1.807) is 7.11 Å². The molecule has 1 saturated carbocycles. The summed E-state index contributed by atoms with van der Waals surface area (Å²) in [5.74, 6) is 0.735. The van der Waals surface area contributed by atoms with Crippen molar-refractivity contribution in [3.63, 3.8) is 0 Å². The average molecular weight is 324 g/mol. The van der Waals surface area contributed by atoms with Gasteiger partial charge in [0, 0.05) is 22.8 Å². The molecule has 2 N–H and O–H groups in total. The molecule has 0 atom stereocenters. The van der Waals surface area contributed by atoms with Crippen molar-refractivity contribution >= 4 is 21.6 Å². The fourth-order valence-corrected chi connectivity index (χ4v) is 2.69. The van der Waals surface area contributed by atoms with Crippen molar-refractivity contribution in [3.8, 4) is 11.4 Å². The molecule has 0 amide bonds. The minimum absolute atomic E-state index is 0.295. The van der Waals surface area contributed by atoms with E-state index >= 15 is 0 Å². The lowest BCUT2D eigenvalue weighted by atomic mass is 9.89. The molecule has 3 rings (SSSR count). The molecular weight excluding hydrogens is 310 g/mol. The fourth-order valence-electron chi connectivity index (χ4n) is 2.26. The standard InChI is InChI=1S/C12H14BrN5O/c1-19-9-5-8(6-9)18-12(15-16-17-18)10-4-7(14)2-3-11(10)13/h2-4,8-9H,5-6,14H2,1H3. The summed E-state index contributed by atoms with van der Waals surface area (Å²) in [6, 6.07) is 5.91. The van der Waals surface area contributed by atoms with Gasteiger partial charge in [-0.05, 0) is 41.5 Å². The summed E-state index contributed by atoms with van der Waals surface area (Å²) >= 11 is 3.51. The van der Waals surface area contributed by atoms with Crippen LogP contribution in [-0.4, -0.2) is 33.4 Å². The molecular formula is C12H14BrN5O.